The van der Waals surface area contributed by atoms with Gasteiger partial charge in [-0.05, 0) is 19.1 Å². The molecule has 2 heterocycles. The number of nitrogen functional groups attached to an aromatic ring is 1. The molecular weight excluding hydrogens is 248 g/mol. The first-order valence-electron chi connectivity index (χ1n) is 5.80. The van der Waals surface area contributed by atoms with Crippen molar-refractivity contribution in [2.75, 3.05) is 12.3 Å². The van der Waals surface area contributed by atoms with Gasteiger partial charge in [0, 0.05) is 6.20 Å². The highest BCUT2D eigenvalue weighted by atomic mass is 16.5. The molecule has 0 unspecified atom stereocenters. The first-order chi connectivity index (χ1) is 9.11. The summed E-state index contributed by atoms with van der Waals surface area (Å²) in [6, 6.07) is 3.53. The van der Waals surface area contributed by atoms with Crippen LogP contribution in [-0.2, 0) is 16.0 Å². The fraction of sp³-hybridized carbons (Fsp3) is 0.250. The summed E-state index contributed by atoms with van der Waals surface area (Å²) in [6.45, 7) is 1.95. The zero-order chi connectivity index (χ0) is 13.8. The lowest BCUT2D eigenvalue weighted by atomic mass is 10.2. The molecule has 0 saturated carbocycles. The summed E-state index contributed by atoms with van der Waals surface area (Å²) in [6.07, 6.45) is 1.52. The van der Waals surface area contributed by atoms with E-state index < -0.39 is 11.5 Å². The number of nitrogens with one attached hydrogen (secondary N) is 2. The number of esters is 1. The van der Waals surface area contributed by atoms with Gasteiger partial charge < -0.3 is 20.4 Å². The van der Waals surface area contributed by atoms with Crippen LogP contribution >= 0.6 is 0 Å². The Kier molecular flexibility index (Phi) is 3.65. The molecule has 4 N–H and O–H groups in total. The maximum absolute atomic E-state index is 11.9. The minimum absolute atomic E-state index is 0.0291. The van der Waals surface area contributed by atoms with Crippen molar-refractivity contribution in [2.24, 2.45) is 0 Å². The molecule has 0 atom stereocenters. The first kappa shape index (κ1) is 12.9. The number of H-pyrrole nitrogens is 2. The van der Waals surface area contributed by atoms with Gasteiger partial charge in [-0.25, -0.2) is 4.98 Å². The van der Waals surface area contributed by atoms with Crippen molar-refractivity contribution in [3.05, 3.63) is 34.2 Å². The van der Waals surface area contributed by atoms with Crippen molar-refractivity contribution in [3.8, 4) is 11.5 Å². The maximum Gasteiger partial charge on any atom is 0.310 e. The number of hydrogen-bond donors (Lipinski definition) is 3. The number of rotatable bonds is 4. The van der Waals surface area contributed by atoms with E-state index in [2.05, 4.69) is 15.0 Å². The molecule has 0 aliphatic carbocycles. The molecule has 2 rings (SSSR count). The number of aromatic amines is 2. The SMILES string of the molecule is CCOC(=O)Cc1c(N)nc(-c2ccc[nH]2)[nH]c1=O. The molecule has 7 nitrogen and oxygen atoms in total. The Labute approximate surface area is 108 Å². The van der Waals surface area contributed by atoms with Gasteiger partial charge in [-0.2, -0.15) is 0 Å². The van der Waals surface area contributed by atoms with Gasteiger partial charge in [0.05, 0.1) is 24.3 Å². The van der Waals surface area contributed by atoms with E-state index in [1.807, 2.05) is 0 Å². The van der Waals surface area contributed by atoms with E-state index in [-0.39, 0.29) is 24.4 Å². The monoisotopic (exact) mass is 262 g/mol. The zero-order valence-electron chi connectivity index (χ0n) is 10.4. The molecule has 7 heteroatoms. The van der Waals surface area contributed by atoms with E-state index in [4.69, 9.17) is 10.5 Å². The summed E-state index contributed by atoms with van der Waals surface area (Å²) in [7, 11) is 0. The van der Waals surface area contributed by atoms with Gasteiger partial charge in [-0.1, -0.05) is 0 Å². The lowest BCUT2D eigenvalue weighted by molar-refractivity contribution is -0.142. The van der Waals surface area contributed by atoms with Gasteiger partial charge in [0.15, 0.2) is 5.82 Å². The Morgan fingerprint density at radius 1 is 1.53 bits per heavy atom. The molecule has 0 aliphatic heterocycles. The molecule has 0 fully saturated rings. The summed E-state index contributed by atoms with van der Waals surface area (Å²) in [5.74, 6) is -0.143. The van der Waals surface area contributed by atoms with Gasteiger partial charge in [0.1, 0.15) is 5.82 Å². The van der Waals surface area contributed by atoms with E-state index in [1.165, 1.54) is 0 Å². The summed E-state index contributed by atoms with van der Waals surface area (Å²) in [4.78, 5) is 32.8. The molecule has 0 radical (unpaired) electrons. The van der Waals surface area contributed by atoms with Crippen molar-refractivity contribution in [1.82, 2.24) is 15.0 Å². The number of nitrogens with zero attached hydrogens (tertiary/aromatic N) is 1. The van der Waals surface area contributed by atoms with Crippen LogP contribution in [0, 0.1) is 0 Å². The second-order valence-corrected chi connectivity index (χ2v) is 3.84. The molecule has 2 aromatic heterocycles. The van der Waals surface area contributed by atoms with Crippen LogP contribution in [0.3, 0.4) is 0 Å². The quantitative estimate of drug-likeness (QED) is 0.692. The molecule has 100 valence electrons. The second-order valence-electron chi connectivity index (χ2n) is 3.84. The van der Waals surface area contributed by atoms with Crippen LogP contribution < -0.4 is 11.3 Å². The Balaban J connectivity index is 2.33. The Hall–Kier alpha value is -2.57. The topological polar surface area (TPSA) is 114 Å². The minimum atomic E-state index is -0.505. The standard InChI is InChI=1S/C12H14N4O3/c1-2-19-9(17)6-7-10(13)15-11(16-12(7)18)8-4-3-5-14-8/h3-5,14H,2,6H2,1H3,(H3,13,15,16,18). The third-order valence-corrected chi connectivity index (χ3v) is 2.53. The lowest BCUT2D eigenvalue weighted by Crippen LogP contribution is -2.22. The van der Waals surface area contributed by atoms with Crippen LogP contribution in [0.4, 0.5) is 5.82 Å². The number of anilines is 1. The van der Waals surface area contributed by atoms with Crippen molar-refractivity contribution in [1.29, 1.82) is 0 Å². The third-order valence-electron chi connectivity index (χ3n) is 2.53. The molecule has 0 spiro atoms. The van der Waals surface area contributed by atoms with Gasteiger partial charge in [-0.3, -0.25) is 9.59 Å². The number of ether oxygens (including phenoxy) is 1. The van der Waals surface area contributed by atoms with Crippen LogP contribution in [-0.4, -0.2) is 27.5 Å². The smallest absolute Gasteiger partial charge is 0.310 e. The molecule has 19 heavy (non-hydrogen) atoms. The molecular formula is C12H14N4O3. The number of carbonyl (C=O) groups excluding carboxylic acids is 1. The Morgan fingerprint density at radius 3 is 2.89 bits per heavy atom. The molecule has 0 amide bonds. The zero-order valence-corrected chi connectivity index (χ0v) is 10.4. The average molecular weight is 262 g/mol. The number of carbonyl (C=O) groups is 1. The predicted molar refractivity (Wildman–Crippen MR) is 69.4 cm³/mol. The van der Waals surface area contributed by atoms with Crippen molar-refractivity contribution < 1.29 is 9.53 Å². The van der Waals surface area contributed by atoms with Crippen molar-refractivity contribution in [2.45, 2.75) is 13.3 Å². The molecule has 2 aromatic rings. The minimum Gasteiger partial charge on any atom is -0.466 e. The van der Waals surface area contributed by atoms with Crippen molar-refractivity contribution in [3.63, 3.8) is 0 Å². The van der Waals surface area contributed by atoms with Crippen LogP contribution in [0.2, 0.25) is 0 Å². The van der Waals surface area contributed by atoms with Crippen LogP contribution in [0.1, 0.15) is 12.5 Å². The lowest BCUT2D eigenvalue weighted by Gasteiger charge is -2.06. The Bertz CT molecular complexity index is 631. The van der Waals surface area contributed by atoms with E-state index in [1.54, 1.807) is 25.3 Å². The summed E-state index contributed by atoms with van der Waals surface area (Å²) in [5.41, 5.74) is 6.04. The van der Waals surface area contributed by atoms with Gasteiger partial charge in [-0.15, -0.1) is 0 Å². The van der Waals surface area contributed by atoms with Gasteiger partial charge >= 0.3 is 5.97 Å². The third kappa shape index (κ3) is 2.82. The molecule has 0 bridgehead atoms. The highest BCUT2D eigenvalue weighted by molar-refractivity contribution is 5.74. The largest absolute Gasteiger partial charge is 0.466 e. The van der Waals surface area contributed by atoms with Gasteiger partial charge in [0.25, 0.3) is 5.56 Å². The normalized spacial score (nSPS) is 10.4. The maximum atomic E-state index is 11.9. The molecule has 0 aromatic carbocycles. The van der Waals surface area contributed by atoms with Crippen LogP contribution in [0.15, 0.2) is 23.1 Å². The average Bonchev–Trinajstić information content (AvgIpc) is 2.87. The van der Waals surface area contributed by atoms with Crippen molar-refractivity contribution >= 4 is 11.8 Å². The van der Waals surface area contributed by atoms with Crippen LogP contribution in [0.5, 0.6) is 0 Å². The van der Waals surface area contributed by atoms with Crippen LogP contribution in [0.25, 0.3) is 11.5 Å². The second kappa shape index (κ2) is 5.38. The first-order valence-corrected chi connectivity index (χ1v) is 5.80. The fourth-order valence-electron chi connectivity index (χ4n) is 1.65. The number of nitrogens with two attached hydrogens (primary N) is 1. The number of aromatic nitrogens is 3. The van der Waals surface area contributed by atoms with E-state index in [0.29, 0.717) is 11.5 Å². The summed E-state index contributed by atoms with van der Waals surface area (Å²) < 4.78 is 4.78. The molecule has 0 saturated heterocycles. The Morgan fingerprint density at radius 2 is 2.32 bits per heavy atom. The van der Waals surface area contributed by atoms with E-state index >= 15 is 0 Å². The fourth-order valence-corrected chi connectivity index (χ4v) is 1.65. The predicted octanol–water partition coefficient (Wildman–Crippen LogP) is 0.453. The summed E-state index contributed by atoms with van der Waals surface area (Å²) >= 11 is 0. The van der Waals surface area contributed by atoms with Gasteiger partial charge in [0.2, 0.25) is 0 Å². The summed E-state index contributed by atoms with van der Waals surface area (Å²) in [5, 5.41) is 0. The van der Waals surface area contributed by atoms with E-state index in [0.717, 1.165) is 0 Å². The molecule has 0 aliphatic rings. The number of hydrogen-bond acceptors (Lipinski definition) is 5. The van der Waals surface area contributed by atoms with E-state index in [9.17, 15) is 9.59 Å². The highest BCUT2D eigenvalue weighted by Crippen LogP contribution is 2.13. The highest BCUT2D eigenvalue weighted by Gasteiger charge is 2.14.